The SMILES string of the molecule is CC(I)C1CSC(=[N+]2CCCC2)S1. The van der Waals surface area contributed by atoms with E-state index in [0.29, 0.717) is 0 Å². The van der Waals surface area contributed by atoms with Gasteiger partial charge in [0.1, 0.15) is 13.1 Å². The fourth-order valence-electron chi connectivity index (χ4n) is 1.64. The Bertz CT molecular complexity index is 220. The first-order valence-corrected chi connectivity index (χ1v) is 7.94. The molecule has 0 bridgehead atoms. The lowest BCUT2D eigenvalue weighted by Crippen LogP contribution is -2.14. The fraction of sp³-hybridized carbons (Fsp3) is 0.889. The van der Waals surface area contributed by atoms with Gasteiger partial charge in [0.25, 0.3) is 4.38 Å². The highest BCUT2D eigenvalue weighted by Gasteiger charge is 2.33. The van der Waals surface area contributed by atoms with E-state index in [-0.39, 0.29) is 0 Å². The highest BCUT2D eigenvalue weighted by Crippen LogP contribution is 2.37. The van der Waals surface area contributed by atoms with Crippen LogP contribution in [0.2, 0.25) is 0 Å². The molecule has 0 N–H and O–H groups in total. The standard InChI is InChI=1S/C9H15INS2/c1-7(10)8-6-12-9(13-8)11-4-2-3-5-11/h7-8H,2-6H2,1H3/q+1. The van der Waals surface area contributed by atoms with Gasteiger partial charge in [-0.3, -0.25) is 0 Å². The number of nitrogens with zero attached hydrogens (tertiary/aromatic N) is 1. The van der Waals surface area contributed by atoms with Crippen molar-refractivity contribution < 1.29 is 4.58 Å². The largest absolute Gasteiger partial charge is 0.270 e. The molecule has 0 spiro atoms. The first-order valence-electron chi connectivity index (χ1n) is 4.83. The van der Waals surface area contributed by atoms with Gasteiger partial charge in [-0.05, 0) is 23.5 Å². The molecule has 74 valence electrons. The van der Waals surface area contributed by atoms with Crippen molar-refractivity contribution >= 4 is 50.5 Å². The first kappa shape index (κ1) is 10.6. The zero-order valence-corrected chi connectivity index (χ0v) is 11.6. The molecule has 0 amide bonds. The molecule has 0 aromatic carbocycles. The third kappa shape index (κ3) is 2.56. The molecule has 0 aliphatic carbocycles. The van der Waals surface area contributed by atoms with Crippen LogP contribution >= 0.6 is 46.1 Å². The van der Waals surface area contributed by atoms with Gasteiger partial charge in [0, 0.05) is 27.8 Å². The van der Waals surface area contributed by atoms with Crippen LogP contribution < -0.4 is 0 Å². The highest BCUT2D eigenvalue weighted by atomic mass is 127. The van der Waals surface area contributed by atoms with Crippen LogP contribution in [-0.4, -0.2) is 37.0 Å². The van der Waals surface area contributed by atoms with Crippen LogP contribution in [0.5, 0.6) is 0 Å². The van der Waals surface area contributed by atoms with Gasteiger partial charge in [-0.2, -0.15) is 0 Å². The van der Waals surface area contributed by atoms with E-state index >= 15 is 0 Å². The van der Waals surface area contributed by atoms with Crippen molar-refractivity contribution in [2.45, 2.75) is 28.9 Å². The molecule has 4 heteroatoms. The van der Waals surface area contributed by atoms with Gasteiger partial charge in [-0.15, -0.1) is 0 Å². The molecule has 2 aliphatic heterocycles. The van der Waals surface area contributed by atoms with E-state index in [1.165, 1.54) is 31.7 Å². The van der Waals surface area contributed by atoms with Crippen LogP contribution in [0.25, 0.3) is 0 Å². The molecule has 2 rings (SSSR count). The molecule has 0 saturated carbocycles. The summed E-state index contributed by atoms with van der Waals surface area (Å²) >= 11 is 6.74. The molecule has 0 aromatic heterocycles. The maximum atomic E-state index is 2.58. The number of thioether (sulfide) groups is 2. The van der Waals surface area contributed by atoms with Crippen molar-refractivity contribution in [3.8, 4) is 0 Å². The lowest BCUT2D eigenvalue weighted by Gasteiger charge is -2.07. The van der Waals surface area contributed by atoms with Crippen molar-refractivity contribution in [3.63, 3.8) is 0 Å². The van der Waals surface area contributed by atoms with E-state index in [1.54, 1.807) is 4.38 Å². The lowest BCUT2D eigenvalue weighted by molar-refractivity contribution is -0.500. The molecule has 2 unspecified atom stereocenters. The third-order valence-corrected chi connectivity index (χ3v) is 7.08. The average Bonchev–Trinajstić information content (AvgIpc) is 2.75. The zero-order chi connectivity index (χ0) is 9.26. The minimum Gasteiger partial charge on any atom is -0.219 e. The minimum atomic E-state index is 0.801. The Morgan fingerprint density at radius 2 is 2.15 bits per heavy atom. The Hall–Kier alpha value is 1.10. The second-order valence-electron chi connectivity index (χ2n) is 3.60. The Morgan fingerprint density at radius 3 is 2.69 bits per heavy atom. The Labute approximate surface area is 102 Å². The Kier molecular flexibility index (Phi) is 3.88. The summed E-state index contributed by atoms with van der Waals surface area (Å²) in [5.41, 5.74) is 0. The van der Waals surface area contributed by atoms with Gasteiger partial charge in [0.05, 0.1) is 0 Å². The minimum absolute atomic E-state index is 0.801. The van der Waals surface area contributed by atoms with Crippen LogP contribution in [0.1, 0.15) is 19.8 Å². The van der Waals surface area contributed by atoms with E-state index < -0.39 is 0 Å². The van der Waals surface area contributed by atoms with E-state index in [2.05, 4.69) is 57.6 Å². The molecule has 2 fully saturated rings. The molecular formula is C9H15INS2+. The van der Waals surface area contributed by atoms with Gasteiger partial charge in [-0.25, -0.2) is 4.58 Å². The van der Waals surface area contributed by atoms with Gasteiger partial charge in [0.15, 0.2) is 0 Å². The number of hydrogen-bond donors (Lipinski definition) is 0. The van der Waals surface area contributed by atoms with Crippen LogP contribution in [0.3, 0.4) is 0 Å². The lowest BCUT2D eigenvalue weighted by atomic mass is 10.4. The first-order chi connectivity index (χ1) is 6.27. The van der Waals surface area contributed by atoms with Gasteiger partial charge in [0.2, 0.25) is 0 Å². The Morgan fingerprint density at radius 1 is 1.46 bits per heavy atom. The number of hydrogen-bond acceptors (Lipinski definition) is 2. The molecule has 1 nitrogen and oxygen atoms in total. The van der Waals surface area contributed by atoms with Crippen LogP contribution in [0.4, 0.5) is 0 Å². The molecule has 0 aromatic rings. The normalized spacial score (nSPS) is 31.4. The summed E-state index contributed by atoms with van der Waals surface area (Å²) in [4.78, 5) is 0. The molecule has 2 atom stereocenters. The summed E-state index contributed by atoms with van der Waals surface area (Å²) < 4.78 is 4.98. The summed E-state index contributed by atoms with van der Waals surface area (Å²) in [5.74, 6) is 1.32. The van der Waals surface area contributed by atoms with Crippen LogP contribution in [0, 0.1) is 0 Å². The number of rotatable bonds is 1. The van der Waals surface area contributed by atoms with Crippen molar-refractivity contribution in [2.75, 3.05) is 18.8 Å². The molecule has 2 heterocycles. The van der Waals surface area contributed by atoms with E-state index in [9.17, 15) is 0 Å². The monoisotopic (exact) mass is 328 g/mol. The molecule has 2 aliphatic rings. The van der Waals surface area contributed by atoms with Crippen LogP contribution in [0.15, 0.2) is 0 Å². The predicted octanol–water partition coefficient (Wildman–Crippen LogP) is 2.82. The highest BCUT2D eigenvalue weighted by molar-refractivity contribution is 14.1. The van der Waals surface area contributed by atoms with Gasteiger partial charge in [-0.1, -0.05) is 29.5 Å². The molecular weight excluding hydrogens is 313 g/mol. The second kappa shape index (κ2) is 4.75. The average molecular weight is 328 g/mol. The molecule has 2 saturated heterocycles. The van der Waals surface area contributed by atoms with Crippen LogP contribution in [-0.2, 0) is 0 Å². The summed E-state index contributed by atoms with van der Waals surface area (Å²) in [6.07, 6.45) is 2.80. The predicted molar refractivity (Wildman–Crippen MR) is 71.6 cm³/mol. The van der Waals surface area contributed by atoms with Crippen molar-refractivity contribution in [3.05, 3.63) is 0 Å². The summed E-state index contributed by atoms with van der Waals surface area (Å²) in [5, 5.41) is 0.848. The van der Waals surface area contributed by atoms with Gasteiger partial charge >= 0.3 is 0 Å². The topological polar surface area (TPSA) is 3.01 Å². The van der Waals surface area contributed by atoms with E-state index in [4.69, 9.17) is 0 Å². The smallest absolute Gasteiger partial charge is 0.219 e. The fourth-order valence-corrected chi connectivity index (χ4v) is 5.74. The maximum absolute atomic E-state index is 2.58. The van der Waals surface area contributed by atoms with Crippen molar-refractivity contribution in [2.24, 2.45) is 0 Å². The van der Waals surface area contributed by atoms with E-state index in [1.807, 2.05) is 0 Å². The zero-order valence-electron chi connectivity index (χ0n) is 7.83. The summed E-state index contributed by atoms with van der Waals surface area (Å²) in [7, 11) is 0. The maximum Gasteiger partial charge on any atom is 0.270 e. The van der Waals surface area contributed by atoms with E-state index in [0.717, 1.165) is 9.17 Å². The number of alkyl halides is 1. The third-order valence-electron chi connectivity index (χ3n) is 2.50. The van der Waals surface area contributed by atoms with Crippen molar-refractivity contribution in [1.29, 1.82) is 0 Å². The molecule has 13 heavy (non-hydrogen) atoms. The summed E-state index contributed by atoms with van der Waals surface area (Å²) in [6.45, 7) is 4.93. The van der Waals surface area contributed by atoms with Crippen molar-refractivity contribution in [1.82, 2.24) is 0 Å². The quantitative estimate of drug-likeness (QED) is 0.414. The number of halogens is 1. The molecule has 0 radical (unpaired) electrons. The van der Waals surface area contributed by atoms with Gasteiger partial charge < -0.3 is 0 Å². The Balaban J connectivity index is 2.00. The summed E-state index contributed by atoms with van der Waals surface area (Å²) in [6, 6.07) is 0. The second-order valence-corrected chi connectivity index (χ2v) is 8.06.